The van der Waals surface area contributed by atoms with E-state index in [2.05, 4.69) is 46.2 Å². The fourth-order valence-electron chi connectivity index (χ4n) is 7.86. The third-order valence-electron chi connectivity index (χ3n) is 10.0. The molecule has 2 unspecified atom stereocenters. The van der Waals surface area contributed by atoms with E-state index >= 15 is 0 Å². The van der Waals surface area contributed by atoms with E-state index in [4.69, 9.17) is 29.3 Å². The Hall–Kier alpha value is -3.67. The summed E-state index contributed by atoms with van der Waals surface area (Å²) in [6.45, 7) is 15.3. The molecule has 4 aliphatic rings. The first kappa shape index (κ1) is 36.1. The Morgan fingerprint density at radius 3 is 2.34 bits per heavy atom. The molecule has 2 aromatic carbocycles. The van der Waals surface area contributed by atoms with Gasteiger partial charge in [-0.1, -0.05) is 44.2 Å². The van der Waals surface area contributed by atoms with Gasteiger partial charge in [0.2, 0.25) is 0 Å². The third kappa shape index (κ3) is 8.11. The highest BCUT2D eigenvalue weighted by atomic mass is 17.3. The average Bonchev–Trinajstić information content (AvgIpc) is 3.74. The fraction of sp³-hybridized carbons (Fsp3) is 0.615. The third-order valence-corrected chi connectivity index (χ3v) is 10.0. The van der Waals surface area contributed by atoms with Crippen LogP contribution >= 0.6 is 0 Å². The maximum Gasteiger partial charge on any atom is 0.410 e. The lowest BCUT2D eigenvalue weighted by atomic mass is 9.96. The van der Waals surface area contributed by atoms with Gasteiger partial charge in [0.05, 0.1) is 38.0 Å². The lowest BCUT2D eigenvalue weighted by Crippen LogP contribution is -2.57. The topological polar surface area (TPSA) is 92.7 Å². The van der Waals surface area contributed by atoms with Gasteiger partial charge in [0.15, 0.2) is 0 Å². The predicted molar refractivity (Wildman–Crippen MR) is 197 cm³/mol. The minimum atomic E-state index is -0.513. The van der Waals surface area contributed by atoms with Crippen LogP contribution in [0.15, 0.2) is 36.4 Å². The van der Waals surface area contributed by atoms with Crippen LogP contribution in [0.25, 0.3) is 10.8 Å². The molecule has 2 bridgehead atoms. The first-order valence-electron chi connectivity index (χ1n) is 18.8. The number of amides is 1. The fourth-order valence-corrected chi connectivity index (χ4v) is 7.86. The van der Waals surface area contributed by atoms with Crippen LogP contribution in [0.5, 0.6) is 6.01 Å². The molecule has 3 fully saturated rings. The number of hydrogen-bond donors (Lipinski definition) is 0. The van der Waals surface area contributed by atoms with Crippen molar-refractivity contribution >= 4 is 28.4 Å². The number of aryl methyl sites for hydroxylation is 1. The normalized spacial score (nSPS) is 20.5. The Kier molecular flexibility index (Phi) is 11.7. The van der Waals surface area contributed by atoms with Crippen molar-refractivity contribution in [3.63, 3.8) is 0 Å². The quantitative estimate of drug-likeness (QED) is 0.125. The highest BCUT2D eigenvalue weighted by Crippen LogP contribution is 2.39. The van der Waals surface area contributed by atoms with Crippen molar-refractivity contribution < 1.29 is 24.1 Å². The molecule has 50 heavy (non-hydrogen) atoms. The molecule has 0 aliphatic carbocycles. The summed E-state index contributed by atoms with van der Waals surface area (Å²) in [5, 5.41) is 4.48. The second-order valence-corrected chi connectivity index (χ2v) is 14.6. The number of fused-ring (bicyclic) bond motifs is 4. The average molecular weight is 689 g/mol. The standard InChI is InChI=1S/C37H50N6O5.C2H6/c1-37(2,3)47-36(44)43-28-16-17-29(43)24-41(23-28)34-30-18-21-40(25-31(30)38-35(39-34)45-4)32-15-10-14-27-13-9-12-26(33(27)32)11-5-8-22-46-48-42-19-6-7-20-42;1-2/h9-10,12-15,28-29H,5-8,11,16-25H2,1-4H3;1-2H3. The summed E-state index contributed by atoms with van der Waals surface area (Å²) in [4.78, 5) is 40.6. The second kappa shape index (κ2) is 16.1. The Labute approximate surface area is 297 Å². The van der Waals surface area contributed by atoms with Gasteiger partial charge in [0.25, 0.3) is 0 Å². The zero-order valence-electron chi connectivity index (χ0n) is 30.9. The van der Waals surface area contributed by atoms with Crippen LogP contribution in [0.1, 0.15) is 90.0 Å². The summed E-state index contributed by atoms with van der Waals surface area (Å²) in [6, 6.07) is 13.9. The van der Waals surface area contributed by atoms with E-state index in [1.807, 2.05) is 44.6 Å². The van der Waals surface area contributed by atoms with E-state index in [-0.39, 0.29) is 18.2 Å². The van der Waals surface area contributed by atoms with Gasteiger partial charge < -0.3 is 19.3 Å². The molecule has 11 nitrogen and oxygen atoms in total. The number of unbranched alkanes of at least 4 members (excludes halogenated alkanes) is 1. The molecule has 5 heterocycles. The smallest absolute Gasteiger partial charge is 0.410 e. The van der Waals surface area contributed by atoms with Gasteiger partial charge in [-0.3, -0.25) is 4.90 Å². The van der Waals surface area contributed by atoms with Crippen molar-refractivity contribution in [3.05, 3.63) is 53.2 Å². The molecule has 11 heteroatoms. The second-order valence-electron chi connectivity index (χ2n) is 14.6. The molecule has 1 aromatic heterocycles. The van der Waals surface area contributed by atoms with E-state index in [1.54, 1.807) is 7.11 Å². The minimum Gasteiger partial charge on any atom is -0.467 e. The maximum atomic E-state index is 13.1. The minimum absolute atomic E-state index is 0.105. The highest BCUT2D eigenvalue weighted by molar-refractivity contribution is 5.97. The van der Waals surface area contributed by atoms with Crippen LogP contribution in [-0.4, -0.2) is 90.1 Å². The molecule has 0 saturated carbocycles. The number of methoxy groups -OCH3 is 1. The molecule has 7 rings (SSSR count). The number of nitrogens with zero attached hydrogens (tertiary/aromatic N) is 6. The Morgan fingerprint density at radius 2 is 1.64 bits per heavy atom. The van der Waals surface area contributed by atoms with Crippen molar-refractivity contribution in [2.75, 3.05) is 56.2 Å². The highest BCUT2D eigenvalue weighted by Gasteiger charge is 2.45. The van der Waals surface area contributed by atoms with Crippen LogP contribution in [0.3, 0.4) is 0 Å². The molecule has 1 amide bonds. The Morgan fingerprint density at radius 1 is 0.920 bits per heavy atom. The van der Waals surface area contributed by atoms with Crippen LogP contribution in [-0.2, 0) is 34.0 Å². The zero-order valence-corrected chi connectivity index (χ0v) is 30.9. The van der Waals surface area contributed by atoms with E-state index in [1.165, 1.54) is 40.4 Å². The number of carbonyl (C=O) groups is 1. The summed E-state index contributed by atoms with van der Waals surface area (Å²) in [5.41, 5.74) is 4.28. The SMILES string of the molecule is CC.COc1nc2c(c(N3CC4CCC(C3)N4C(=O)OC(C)(C)C)n1)CCN(c1cccc3cccc(CCCCOON4CCCC4)c13)C2. The van der Waals surface area contributed by atoms with Gasteiger partial charge in [-0.05, 0) is 89.2 Å². The molecule has 0 radical (unpaired) electrons. The predicted octanol–water partition coefficient (Wildman–Crippen LogP) is 7.10. The van der Waals surface area contributed by atoms with Gasteiger partial charge >= 0.3 is 12.1 Å². The molecule has 4 aliphatic heterocycles. The molecule has 3 saturated heterocycles. The number of aromatic nitrogens is 2. The van der Waals surface area contributed by atoms with Crippen molar-refractivity contribution in [3.8, 4) is 6.01 Å². The number of anilines is 2. The number of benzene rings is 2. The lowest BCUT2D eigenvalue weighted by Gasteiger charge is -2.43. The number of hydroxylamine groups is 2. The van der Waals surface area contributed by atoms with Crippen molar-refractivity contribution in [1.29, 1.82) is 0 Å². The summed E-state index contributed by atoms with van der Waals surface area (Å²) in [6.07, 6.45) is 7.86. The summed E-state index contributed by atoms with van der Waals surface area (Å²) < 4.78 is 11.4. The molecule has 0 spiro atoms. The molecular weight excluding hydrogens is 632 g/mol. The zero-order chi connectivity index (χ0) is 35.3. The van der Waals surface area contributed by atoms with E-state index in [9.17, 15) is 4.79 Å². The number of ether oxygens (including phenoxy) is 2. The van der Waals surface area contributed by atoms with Gasteiger partial charge in [0.1, 0.15) is 11.4 Å². The maximum absolute atomic E-state index is 13.1. The van der Waals surface area contributed by atoms with E-state index in [0.717, 1.165) is 82.8 Å². The summed E-state index contributed by atoms with van der Waals surface area (Å²) in [5.74, 6) is 0.951. The molecule has 2 atom stereocenters. The van der Waals surface area contributed by atoms with Gasteiger partial charge in [0, 0.05) is 49.4 Å². The van der Waals surface area contributed by atoms with Gasteiger partial charge in [-0.15, -0.1) is 4.99 Å². The molecule has 272 valence electrons. The van der Waals surface area contributed by atoms with Crippen LogP contribution in [0.4, 0.5) is 16.3 Å². The molecule has 3 aromatic rings. The number of piperazine rings is 1. The first-order valence-corrected chi connectivity index (χ1v) is 18.8. The van der Waals surface area contributed by atoms with Crippen molar-refractivity contribution in [2.45, 2.75) is 110 Å². The number of hydrogen-bond acceptors (Lipinski definition) is 10. The molecular formula is C39H56N6O5. The van der Waals surface area contributed by atoms with Crippen molar-refractivity contribution in [2.24, 2.45) is 0 Å². The van der Waals surface area contributed by atoms with Crippen LogP contribution < -0.4 is 14.5 Å². The summed E-state index contributed by atoms with van der Waals surface area (Å²) >= 11 is 0. The summed E-state index contributed by atoms with van der Waals surface area (Å²) in [7, 11) is 1.64. The molecule has 0 N–H and O–H groups in total. The van der Waals surface area contributed by atoms with E-state index < -0.39 is 5.60 Å². The van der Waals surface area contributed by atoms with Crippen LogP contribution in [0, 0.1) is 0 Å². The van der Waals surface area contributed by atoms with E-state index in [0.29, 0.717) is 19.2 Å². The monoisotopic (exact) mass is 688 g/mol. The number of carbonyl (C=O) groups excluding carboxylic acids is 1. The van der Waals surface area contributed by atoms with Gasteiger partial charge in [-0.25, -0.2) is 9.68 Å². The van der Waals surface area contributed by atoms with Gasteiger partial charge in [-0.2, -0.15) is 15.0 Å². The number of rotatable bonds is 10. The van der Waals surface area contributed by atoms with Crippen LogP contribution in [0.2, 0.25) is 0 Å². The Bertz CT molecular complexity index is 1590. The first-order chi connectivity index (χ1) is 24.3. The largest absolute Gasteiger partial charge is 0.467 e. The van der Waals surface area contributed by atoms with Crippen molar-refractivity contribution in [1.82, 2.24) is 19.9 Å². The Balaban J connectivity index is 0.00000212. The lowest BCUT2D eigenvalue weighted by molar-refractivity contribution is -0.421.